The zero-order valence-corrected chi connectivity index (χ0v) is 7.15. The van der Waals surface area contributed by atoms with E-state index in [1.807, 2.05) is 13.0 Å². The zero-order valence-electron chi connectivity index (χ0n) is 7.15. The van der Waals surface area contributed by atoms with Gasteiger partial charge in [0.15, 0.2) is 0 Å². The van der Waals surface area contributed by atoms with Crippen LogP contribution in [-0.2, 0) is 0 Å². The molecule has 0 fully saturated rings. The first-order chi connectivity index (χ1) is 4.76. The van der Waals surface area contributed by atoms with Gasteiger partial charge in [-0.1, -0.05) is 31.7 Å². The van der Waals surface area contributed by atoms with Gasteiger partial charge in [-0.2, -0.15) is 0 Å². The van der Waals surface area contributed by atoms with Crippen LogP contribution in [0.2, 0.25) is 0 Å². The third-order valence-electron chi connectivity index (χ3n) is 1.55. The van der Waals surface area contributed by atoms with Gasteiger partial charge in [-0.05, 0) is 31.4 Å². The first-order valence-electron chi connectivity index (χ1n) is 3.71. The molecule has 0 radical (unpaired) electrons. The molecule has 0 saturated heterocycles. The van der Waals surface area contributed by atoms with Crippen molar-refractivity contribution >= 4 is 0 Å². The normalized spacial score (nSPS) is 13.5. The minimum absolute atomic E-state index is 1.07. The summed E-state index contributed by atoms with van der Waals surface area (Å²) >= 11 is 0. The van der Waals surface area contributed by atoms with Crippen LogP contribution in [0.25, 0.3) is 0 Å². The van der Waals surface area contributed by atoms with Gasteiger partial charge in [0.1, 0.15) is 0 Å². The Bertz CT molecular complexity index is 159. The second kappa shape index (κ2) is 5.04. The molecule has 0 aromatic rings. The summed E-state index contributed by atoms with van der Waals surface area (Å²) in [6.07, 6.45) is 7.16. The maximum Gasteiger partial charge on any atom is -0.0305 e. The summed E-state index contributed by atoms with van der Waals surface area (Å²) in [6.45, 7) is 10.0. The van der Waals surface area contributed by atoms with Gasteiger partial charge in [-0.3, -0.25) is 0 Å². The summed E-state index contributed by atoms with van der Waals surface area (Å²) in [5.41, 5.74) is 2.65. The van der Waals surface area contributed by atoms with E-state index < -0.39 is 0 Å². The fraction of sp³-hybridized carbons (Fsp3) is 0.400. The molecular formula is C10H16. The Morgan fingerprint density at radius 2 is 2.10 bits per heavy atom. The second-order valence-corrected chi connectivity index (χ2v) is 2.27. The predicted octanol–water partition coefficient (Wildman–Crippen LogP) is 3.48. The highest BCUT2D eigenvalue weighted by atomic mass is 14.0. The highest BCUT2D eigenvalue weighted by Crippen LogP contribution is 2.09. The Morgan fingerprint density at radius 1 is 1.50 bits per heavy atom. The topological polar surface area (TPSA) is 0 Å². The van der Waals surface area contributed by atoms with Gasteiger partial charge in [0, 0.05) is 0 Å². The third-order valence-corrected chi connectivity index (χ3v) is 1.55. The van der Waals surface area contributed by atoms with Gasteiger partial charge < -0.3 is 0 Å². The van der Waals surface area contributed by atoms with Crippen LogP contribution in [0, 0.1) is 0 Å². The smallest absolute Gasteiger partial charge is 0.0305 e. The van der Waals surface area contributed by atoms with Crippen molar-refractivity contribution in [2.75, 3.05) is 0 Å². The molecule has 0 heterocycles. The van der Waals surface area contributed by atoms with E-state index in [1.54, 1.807) is 0 Å². The van der Waals surface area contributed by atoms with E-state index in [-0.39, 0.29) is 0 Å². The van der Waals surface area contributed by atoms with E-state index in [0.717, 1.165) is 6.42 Å². The molecule has 0 unspecified atom stereocenters. The van der Waals surface area contributed by atoms with E-state index in [4.69, 9.17) is 0 Å². The maximum absolute atomic E-state index is 3.74. The minimum atomic E-state index is 1.07. The average molecular weight is 136 g/mol. The largest absolute Gasteiger partial charge is 0.0988 e. The molecule has 56 valence electrons. The Kier molecular flexibility index (Phi) is 4.65. The molecular weight excluding hydrogens is 120 g/mol. The Balaban J connectivity index is 4.42. The van der Waals surface area contributed by atoms with Crippen LogP contribution >= 0.6 is 0 Å². The van der Waals surface area contributed by atoms with E-state index in [9.17, 15) is 0 Å². The van der Waals surface area contributed by atoms with Gasteiger partial charge in [0.25, 0.3) is 0 Å². The van der Waals surface area contributed by atoms with Crippen molar-refractivity contribution in [3.05, 3.63) is 36.0 Å². The highest BCUT2D eigenvalue weighted by molar-refractivity contribution is 5.29. The lowest BCUT2D eigenvalue weighted by molar-refractivity contribution is 1.12. The second-order valence-electron chi connectivity index (χ2n) is 2.27. The molecule has 10 heavy (non-hydrogen) atoms. The summed E-state index contributed by atoms with van der Waals surface area (Å²) in [4.78, 5) is 0. The van der Waals surface area contributed by atoms with Crippen LogP contribution < -0.4 is 0 Å². The predicted molar refractivity (Wildman–Crippen MR) is 48.0 cm³/mol. The Labute approximate surface area is 64.0 Å². The maximum atomic E-state index is 3.74. The molecule has 0 aromatic heterocycles. The van der Waals surface area contributed by atoms with Crippen LogP contribution in [0.4, 0.5) is 0 Å². The van der Waals surface area contributed by atoms with Crippen molar-refractivity contribution in [1.82, 2.24) is 0 Å². The summed E-state index contributed by atoms with van der Waals surface area (Å²) in [6, 6.07) is 0. The number of hydrogen-bond acceptors (Lipinski definition) is 0. The lowest BCUT2D eigenvalue weighted by Gasteiger charge is -1.98. The SMILES string of the molecule is C=C/C(CC)=C(C)\C=C/C. The molecule has 0 atom stereocenters. The Morgan fingerprint density at radius 3 is 2.40 bits per heavy atom. The molecule has 0 aliphatic rings. The van der Waals surface area contributed by atoms with Crippen molar-refractivity contribution in [1.29, 1.82) is 0 Å². The molecule has 0 spiro atoms. The van der Waals surface area contributed by atoms with Gasteiger partial charge in [-0.15, -0.1) is 0 Å². The van der Waals surface area contributed by atoms with Crippen molar-refractivity contribution < 1.29 is 0 Å². The minimum Gasteiger partial charge on any atom is -0.0988 e. The van der Waals surface area contributed by atoms with E-state index in [0.29, 0.717) is 0 Å². The Hall–Kier alpha value is -0.780. The fourth-order valence-corrected chi connectivity index (χ4v) is 0.941. The molecule has 0 amide bonds. The number of allylic oxidation sites excluding steroid dienone is 5. The monoisotopic (exact) mass is 136 g/mol. The summed E-state index contributed by atoms with van der Waals surface area (Å²) < 4.78 is 0. The molecule has 0 aliphatic carbocycles. The molecule has 0 bridgehead atoms. The van der Waals surface area contributed by atoms with Crippen LogP contribution in [0.3, 0.4) is 0 Å². The zero-order chi connectivity index (χ0) is 7.98. The molecule has 0 N–H and O–H groups in total. The van der Waals surface area contributed by atoms with E-state index in [2.05, 4.69) is 32.6 Å². The van der Waals surface area contributed by atoms with E-state index in [1.165, 1.54) is 11.1 Å². The van der Waals surface area contributed by atoms with Crippen LogP contribution in [0.5, 0.6) is 0 Å². The first kappa shape index (κ1) is 9.22. The molecule has 0 nitrogen and oxygen atoms in total. The molecule has 0 aliphatic heterocycles. The van der Waals surface area contributed by atoms with Crippen LogP contribution in [0.15, 0.2) is 36.0 Å². The standard InChI is InChI=1S/C10H16/c1-5-8-9(4)10(6-2)7-3/h5-6,8H,2,7H2,1,3-4H3/b8-5-,10-9+. The fourth-order valence-electron chi connectivity index (χ4n) is 0.941. The van der Waals surface area contributed by atoms with Gasteiger partial charge in [0.2, 0.25) is 0 Å². The quantitative estimate of drug-likeness (QED) is 0.521. The summed E-state index contributed by atoms with van der Waals surface area (Å²) in [5, 5.41) is 0. The van der Waals surface area contributed by atoms with Crippen LogP contribution in [0.1, 0.15) is 27.2 Å². The molecule has 0 heteroatoms. The van der Waals surface area contributed by atoms with Crippen molar-refractivity contribution in [2.24, 2.45) is 0 Å². The number of rotatable bonds is 3. The number of hydrogen-bond donors (Lipinski definition) is 0. The summed E-state index contributed by atoms with van der Waals surface area (Å²) in [7, 11) is 0. The average Bonchev–Trinajstić information content (AvgIpc) is 1.91. The third kappa shape index (κ3) is 2.67. The molecule has 0 aromatic carbocycles. The van der Waals surface area contributed by atoms with Crippen molar-refractivity contribution in [3.8, 4) is 0 Å². The van der Waals surface area contributed by atoms with Gasteiger partial charge in [-0.25, -0.2) is 0 Å². The van der Waals surface area contributed by atoms with Gasteiger partial charge >= 0.3 is 0 Å². The molecule has 0 saturated carbocycles. The lowest BCUT2D eigenvalue weighted by atomic mass is 10.1. The van der Waals surface area contributed by atoms with Crippen LogP contribution in [-0.4, -0.2) is 0 Å². The lowest BCUT2D eigenvalue weighted by Crippen LogP contribution is -1.78. The van der Waals surface area contributed by atoms with Crippen molar-refractivity contribution in [3.63, 3.8) is 0 Å². The molecule has 0 rings (SSSR count). The van der Waals surface area contributed by atoms with E-state index >= 15 is 0 Å². The highest BCUT2D eigenvalue weighted by Gasteiger charge is 1.89. The summed E-state index contributed by atoms with van der Waals surface area (Å²) in [5.74, 6) is 0. The van der Waals surface area contributed by atoms with Gasteiger partial charge in [0.05, 0.1) is 0 Å². The first-order valence-corrected chi connectivity index (χ1v) is 3.71. The van der Waals surface area contributed by atoms with Crippen molar-refractivity contribution in [2.45, 2.75) is 27.2 Å².